The SMILES string of the molecule is Cc1cc(I)ccc1CNC(=O)N1CC(OC(C)C)C1. The molecule has 5 heteroatoms. The molecule has 110 valence electrons. The molecule has 2 amide bonds. The van der Waals surface area contributed by atoms with Gasteiger partial charge in [0.25, 0.3) is 0 Å². The van der Waals surface area contributed by atoms with Gasteiger partial charge < -0.3 is 15.0 Å². The van der Waals surface area contributed by atoms with E-state index in [0.29, 0.717) is 19.6 Å². The van der Waals surface area contributed by atoms with E-state index < -0.39 is 0 Å². The van der Waals surface area contributed by atoms with Crippen LogP contribution in [0.5, 0.6) is 0 Å². The van der Waals surface area contributed by atoms with E-state index in [1.54, 1.807) is 4.90 Å². The van der Waals surface area contributed by atoms with Crippen molar-refractivity contribution in [3.05, 3.63) is 32.9 Å². The first-order chi connectivity index (χ1) is 9.45. The summed E-state index contributed by atoms with van der Waals surface area (Å²) in [6.07, 6.45) is 0.417. The fourth-order valence-corrected chi connectivity index (χ4v) is 2.86. The second-order valence-corrected chi connectivity index (χ2v) is 6.69. The van der Waals surface area contributed by atoms with Gasteiger partial charge >= 0.3 is 6.03 Å². The average Bonchev–Trinajstić information content (AvgIpc) is 2.31. The molecule has 20 heavy (non-hydrogen) atoms. The lowest BCUT2D eigenvalue weighted by molar-refractivity contribution is -0.0641. The standard InChI is InChI=1S/C15H21IN2O2/c1-10(2)20-14-8-18(9-14)15(19)17-7-12-4-5-13(16)6-11(12)3/h4-6,10,14H,7-9H2,1-3H3,(H,17,19). The summed E-state index contributed by atoms with van der Waals surface area (Å²) >= 11 is 2.29. The van der Waals surface area contributed by atoms with Gasteiger partial charge in [0.15, 0.2) is 0 Å². The average molecular weight is 388 g/mol. The molecule has 1 aromatic rings. The van der Waals surface area contributed by atoms with Gasteiger partial charge in [-0.05, 0) is 66.6 Å². The molecule has 0 aliphatic carbocycles. The van der Waals surface area contributed by atoms with Crippen molar-refractivity contribution in [2.24, 2.45) is 0 Å². The van der Waals surface area contributed by atoms with Crippen molar-refractivity contribution < 1.29 is 9.53 Å². The van der Waals surface area contributed by atoms with E-state index in [1.807, 2.05) is 13.8 Å². The van der Waals surface area contributed by atoms with Gasteiger partial charge in [-0.15, -0.1) is 0 Å². The Bertz CT molecular complexity index is 485. The highest BCUT2D eigenvalue weighted by Gasteiger charge is 2.31. The number of rotatable bonds is 4. The number of amides is 2. The highest BCUT2D eigenvalue weighted by molar-refractivity contribution is 14.1. The third-order valence-corrected chi connectivity index (χ3v) is 4.01. The highest BCUT2D eigenvalue weighted by atomic mass is 127. The van der Waals surface area contributed by atoms with Crippen LogP contribution in [0.3, 0.4) is 0 Å². The molecule has 1 aliphatic rings. The summed E-state index contributed by atoms with van der Waals surface area (Å²) < 4.78 is 6.85. The molecule has 1 fully saturated rings. The van der Waals surface area contributed by atoms with Crippen molar-refractivity contribution in [3.8, 4) is 0 Å². The van der Waals surface area contributed by atoms with E-state index in [1.165, 1.54) is 9.13 Å². The second kappa shape index (κ2) is 6.76. The van der Waals surface area contributed by atoms with E-state index in [4.69, 9.17) is 4.74 Å². The molecule has 0 saturated carbocycles. The fraction of sp³-hybridized carbons (Fsp3) is 0.533. The van der Waals surface area contributed by atoms with Crippen molar-refractivity contribution in [1.82, 2.24) is 10.2 Å². The molecular weight excluding hydrogens is 367 g/mol. The van der Waals surface area contributed by atoms with E-state index in [9.17, 15) is 4.79 Å². The summed E-state index contributed by atoms with van der Waals surface area (Å²) in [5.41, 5.74) is 2.37. The Morgan fingerprint density at radius 3 is 2.80 bits per heavy atom. The normalized spacial score (nSPS) is 15.3. The van der Waals surface area contributed by atoms with Crippen LogP contribution in [0.4, 0.5) is 4.79 Å². The Balaban J connectivity index is 1.76. The zero-order valence-corrected chi connectivity index (χ0v) is 14.3. The first-order valence-corrected chi connectivity index (χ1v) is 7.97. The van der Waals surface area contributed by atoms with Crippen LogP contribution >= 0.6 is 22.6 Å². The van der Waals surface area contributed by atoms with Gasteiger partial charge in [-0.2, -0.15) is 0 Å². The monoisotopic (exact) mass is 388 g/mol. The molecule has 0 bridgehead atoms. The maximum absolute atomic E-state index is 12.0. The lowest BCUT2D eigenvalue weighted by atomic mass is 10.1. The zero-order valence-electron chi connectivity index (χ0n) is 12.1. The number of likely N-dealkylation sites (tertiary alicyclic amines) is 1. The predicted octanol–water partition coefficient (Wildman–Crippen LogP) is 2.92. The fourth-order valence-electron chi connectivity index (χ4n) is 2.22. The molecule has 0 aromatic heterocycles. The third-order valence-electron chi connectivity index (χ3n) is 3.33. The van der Waals surface area contributed by atoms with Crippen molar-refractivity contribution >= 4 is 28.6 Å². The van der Waals surface area contributed by atoms with E-state index in [-0.39, 0.29) is 18.2 Å². The zero-order chi connectivity index (χ0) is 14.7. The number of halogens is 1. The van der Waals surface area contributed by atoms with Gasteiger partial charge in [0, 0.05) is 10.1 Å². The van der Waals surface area contributed by atoms with Gasteiger partial charge in [0.2, 0.25) is 0 Å². The minimum atomic E-state index is -0.00782. The van der Waals surface area contributed by atoms with Crippen LogP contribution in [0, 0.1) is 10.5 Å². The van der Waals surface area contributed by atoms with Gasteiger partial charge in [-0.25, -0.2) is 4.79 Å². The minimum Gasteiger partial charge on any atom is -0.372 e. The number of urea groups is 1. The molecule has 1 N–H and O–H groups in total. The number of hydrogen-bond donors (Lipinski definition) is 1. The molecule has 0 atom stereocenters. The summed E-state index contributed by atoms with van der Waals surface area (Å²) in [6, 6.07) is 6.24. The number of nitrogens with one attached hydrogen (secondary N) is 1. The van der Waals surface area contributed by atoms with Crippen LogP contribution in [-0.2, 0) is 11.3 Å². The topological polar surface area (TPSA) is 41.6 Å². The summed E-state index contributed by atoms with van der Waals surface area (Å²) in [7, 11) is 0. The molecule has 1 heterocycles. The highest BCUT2D eigenvalue weighted by Crippen LogP contribution is 2.15. The van der Waals surface area contributed by atoms with Crippen LogP contribution in [0.15, 0.2) is 18.2 Å². The molecule has 0 radical (unpaired) electrons. The molecule has 4 nitrogen and oxygen atoms in total. The Kier molecular flexibility index (Phi) is 5.26. The van der Waals surface area contributed by atoms with Gasteiger partial charge in [0.05, 0.1) is 25.3 Å². The van der Waals surface area contributed by atoms with Crippen molar-refractivity contribution in [2.75, 3.05) is 13.1 Å². The number of carbonyl (C=O) groups excluding carboxylic acids is 1. The largest absolute Gasteiger partial charge is 0.372 e. The van der Waals surface area contributed by atoms with Crippen LogP contribution in [0.25, 0.3) is 0 Å². The lowest BCUT2D eigenvalue weighted by Crippen LogP contribution is -2.58. The van der Waals surface area contributed by atoms with Gasteiger partial charge in [-0.3, -0.25) is 0 Å². The molecular formula is C15H21IN2O2. The summed E-state index contributed by atoms with van der Waals surface area (Å²) in [4.78, 5) is 13.8. The Morgan fingerprint density at radius 1 is 1.50 bits per heavy atom. The van der Waals surface area contributed by atoms with E-state index >= 15 is 0 Å². The predicted molar refractivity (Wildman–Crippen MR) is 87.7 cm³/mol. The molecule has 1 aliphatic heterocycles. The van der Waals surface area contributed by atoms with Crippen LogP contribution < -0.4 is 5.32 Å². The smallest absolute Gasteiger partial charge is 0.317 e. The lowest BCUT2D eigenvalue weighted by Gasteiger charge is -2.39. The quantitative estimate of drug-likeness (QED) is 0.807. The maximum Gasteiger partial charge on any atom is 0.317 e. The molecule has 1 saturated heterocycles. The maximum atomic E-state index is 12.0. The van der Waals surface area contributed by atoms with Crippen LogP contribution in [-0.4, -0.2) is 36.2 Å². The number of benzene rings is 1. The molecule has 0 unspecified atom stereocenters. The van der Waals surface area contributed by atoms with Crippen LogP contribution in [0.1, 0.15) is 25.0 Å². The van der Waals surface area contributed by atoms with Gasteiger partial charge in [0.1, 0.15) is 0 Å². The minimum absolute atomic E-state index is 0.00782. The molecule has 0 spiro atoms. The number of aryl methyl sites for hydroxylation is 1. The Morgan fingerprint density at radius 2 is 2.20 bits per heavy atom. The van der Waals surface area contributed by atoms with Crippen LogP contribution in [0.2, 0.25) is 0 Å². The van der Waals surface area contributed by atoms with E-state index in [2.05, 4.69) is 53.0 Å². The summed E-state index contributed by atoms with van der Waals surface area (Å²) in [5.74, 6) is 0. The number of nitrogens with zero attached hydrogens (tertiary/aromatic N) is 1. The number of hydrogen-bond acceptors (Lipinski definition) is 2. The first kappa shape index (κ1) is 15.6. The first-order valence-electron chi connectivity index (χ1n) is 6.89. The summed E-state index contributed by atoms with van der Waals surface area (Å²) in [5, 5.41) is 2.96. The molecule has 1 aromatic carbocycles. The Hall–Kier alpha value is -0.820. The van der Waals surface area contributed by atoms with Gasteiger partial charge in [-0.1, -0.05) is 6.07 Å². The van der Waals surface area contributed by atoms with E-state index in [0.717, 1.165) is 5.56 Å². The second-order valence-electron chi connectivity index (χ2n) is 5.44. The Labute approximate surface area is 134 Å². The number of carbonyl (C=O) groups is 1. The van der Waals surface area contributed by atoms with Crippen molar-refractivity contribution in [1.29, 1.82) is 0 Å². The summed E-state index contributed by atoms with van der Waals surface area (Å²) in [6.45, 7) is 8.06. The third kappa shape index (κ3) is 4.09. The van der Waals surface area contributed by atoms with Crippen molar-refractivity contribution in [3.63, 3.8) is 0 Å². The van der Waals surface area contributed by atoms with Crippen molar-refractivity contribution in [2.45, 2.75) is 39.5 Å². The molecule has 2 rings (SSSR count). The number of ether oxygens (including phenoxy) is 1.